The zero-order valence-electron chi connectivity index (χ0n) is 10.2. The van der Waals surface area contributed by atoms with Gasteiger partial charge in [0.2, 0.25) is 5.91 Å². The van der Waals surface area contributed by atoms with E-state index in [4.69, 9.17) is 11.6 Å². The standard InChI is InChI=1S/C13H18ClNO/c1-9(15-12(16)13(2,3)4)10-7-5-6-8-11(10)14/h5-9H,1-4H3,(H,15,16)/t9-/m0/s1. The second kappa shape index (κ2) is 4.88. The van der Waals surface area contributed by atoms with Crippen LogP contribution in [-0.2, 0) is 4.79 Å². The van der Waals surface area contributed by atoms with Gasteiger partial charge in [-0.25, -0.2) is 0 Å². The van der Waals surface area contributed by atoms with E-state index in [0.29, 0.717) is 5.02 Å². The summed E-state index contributed by atoms with van der Waals surface area (Å²) in [7, 11) is 0. The highest BCUT2D eigenvalue weighted by atomic mass is 35.5. The normalized spacial score (nSPS) is 13.3. The third-order valence-electron chi connectivity index (χ3n) is 2.40. The van der Waals surface area contributed by atoms with E-state index < -0.39 is 0 Å². The van der Waals surface area contributed by atoms with E-state index in [1.165, 1.54) is 0 Å². The minimum Gasteiger partial charge on any atom is -0.349 e. The molecule has 1 atom stereocenters. The van der Waals surface area contributed by atoms with E-state index in [1.807, 2.05) is 52.0 Å². The van der Waals surface area contributed by atoms with Crippen molar-refractivity contribution in [2.45, 2.75) is 33.7 Å². The van der Waals surface area contributed by atoms with Crippen LogP contribution in [0.1, 0.15) is 39.3 Å². The number of benzene rings is 1. The van der Waals surface area contributed by atoms with Gasteiger partial charge >= 0.3 is 0 Å². The topological polar surface area (TPSA) is 29.1 Å². The van der Waals surface area contributed by atoms with Gasteiger partial charge in [0, 0.05) is 10.4 Å². The van der Waals surface area contributed by atoms with Crippen LogP contribution in [0.2, 0.25) is 5.02 Å². The van der Waals surface area contributed by atoms with Crippen molar-refractivity contribution >= 4 is 17.5 Å². The molecule has 0 aromatic heterocycles. The molecule has 1 N–H and O–H groups in total. The second-order valence-electron chi connectivity index (χ2n) is 4.97. The van der Waals surface area contributed by atoms with Crippen molar-refractivity contribution in [3.63, 3.8) is 0 Å². The quantitative estimate of drug-likeness (QED) is 0.840. The Bertz CT molecular complexity index is 382. The molecule has 0 saturated heterocycles. The van der Waals surface area contributed by atoms with E-state index in [9.17, 15) is 4.79 Å². The lowest BCUT2D eigenvalue weighted by Gasteiger charge is -2.22. The Morgan fingerprint density at radius 2 is 1.88 bits per heavy atom. The number of hydrogen-bond acceptors (Lipinski definition) is 1. The highest BCUT2D eigenvalue weighted by molar-refractivity contribution is 6.31. The molecule has 2 nitrogen and oxygen atoms in total. The molecule has 0 fully saturated rings. The summed E-state index contributed by atoms with van der Waals surface area (Å²) in [6.07, 6.45) is 0. The van der Waals surface area contributed by atoms with Gasteiger partial charge in [0.05, 0.1) is 6.04 Å². The maximum Gasteiger partial charge on any atom is 0.225 e. The Kier molecular flexibility index (Phi) is 3.98. The van der Waals surface area contributed by atoms with Crippen LogP contribution in [0, 0.1) is 5.41 Å². The molecule has 16 heavy (non-hydrogen) atoms. The molecular weight excluding hydrogens is 222 g/mol. The van der Waals surface area contributed by atoms with Gasteiger partial charge in [-0.2, -0.15) is 0 Å². The zero-order chi connectivity index (χ0) is 12.3. The maximum absolute atomic E-state index is 11.8. The fourth-order valence-electron chi connectivity index (χ4n) is 1.32. The van der Waals surface area contributed by atoms with Crippen LogP contribution in [0.25, 0.3) is 0 Å². The Hall–Kier alpha value is -1.02. The van der Waals surface area contributed by atoms with E-state index in [0.717, 1.165) is 5.56 Å². The van der Waals surface area contributed by atoms with Crippen molar-refractivity contribution in [3.05, 3.63) is 34.9 Å². The van der Waals surface area contributed by atoms with Gasteiger partial charge in [0.25, 0.3) is 0 Å². The lowest BCUT2D eigenvalue weighted by atomic mass is 9.94. The lowest BCUT2D eigenvalue weighted by molar-refractivity contribution is -0.129. The summed E-state index contributed by atoms with van der Waals surface area (Å²) in [5.74, 6) is 0.0277. The van der Waals surface area contributed by atoms with E-state index in [1.54, 1.807) is 0 Å². The van der Waals surface area contributed by atoms with Crippen molar-refractivity contribution in [1.29, 1.82) is 0 Å². The fraction of sp³-hybridized carbons (Fsp3) is 0.462. The molecule has 1 amide bonds. The fourth-order valence-corrected chi connectivity index (χ4v) is 1.62. The zero-order valence-corrected chi connectivity index (χ0v) is 10.9. The van der Waals surface area contributed by atoms with Crippen LogP contribution in [-0.4, -0.2) is 5.91 Å². The molecule has 1 aromatic carbocycles. The third kappa shape index (κ3) is 3.24. The third-order valence-corrected chi connectivity index (χ3v) is 2.74. The molecule has 0 bridgehead atoms. The van der Waals surface area contributed by atoms with Crippen molar-refractivity contribution < 1.29 is 4.79 Å². The van der Waals surface area contributed by atoms with Gasteiger partial charge in [-0.15, -0.1) is 0 Å². The molecule has 0 spiro atoms. The first kappa shape index (κ1) is 13.0. The lowest BCUT2D eigenvalue weighted by Crippen LogP contribution is -2.36. The predicted molar refractivity (Wildman–Crippen MR) is 67.5 cm³/mol. The molecular formula is C13H18ClNO. The molecule has 0 saturated carbocycles. The van der Waals surface area contributed by atoms with Crippen LogP contribution >= 0.6 is 11.6 Å². The first-order chi connectivity index (χ1) is 7.32. The number of nitrogens with one attached hydrogen (secondary N) is 1. The highest BCUT2D eigenvalue weighted by Crippen LogP contribution is 2.23. The van der Waals surface area contributed by atoms with Crippen molar-refractivity contribution in [2.24, 2.45) is 5.41 Å². The second-order valence-corrected chi connectivity index (χ2v) is 5.37. The molecule has 0 unspecified atom stereocenters. The van der Waals surface area contributed by atoms with Crippen LogP contribution in [0.4, 0.5) is 0 Å². The van der Waals surface area contributed by atoms with E-state index in [2.05, 4.69) is 5.32 Å². The van der Waals surface area contributed by atoms with Crippen molar-refractivity contribution in [1.82, 2.24) is 5.32 Å². The average Bonchev–Trinajstić information content (AvgIpc) is 2.16. The highest BCUT2D eigenvalue weighted by Gasteiger charge is 2.23. The summed E-state index contributed by atoms with van der Waals surface area (Å²) in [4.78, 5) is 11.8. The largest absolute Gasteiger partial charge is 0.349 e. The summed E-state index contributed by atoms with van der Waals surface area (Å²) in [5.41, 5.74) is 0.567. The van der Waals surface area contributed by atoms with E-state index >= 15 is 0 Å². The molecule has 1 rings (SSSR count). The molecule has 1 aromatic rings. The smallest absolute Gasteiger partial charge is 0.225 e. The minimum absolute atomic E-state index is 0.0277. The van der Waals surface area contributed by atoms with Crippen LogP contribution in [0.15, 0.2) is 24.3 Å². The molecule has 0 aliphatic heterocycles. The first-order valence-corrected chi connectivity index (χ1v) is 5.75. The Balaban J connectivity index is 2.78. The predicted octanol–water partition coefficient (Wildman–Crippen LogP) is 3.56. The first-order valence-electron chi connectivity index (χ1n) is 5.38. The maximum atomic E-state index is 11.8. The number of carbonyl (C=O) groups is 1. The Labute approximate surface area is 102 Å². The Morgan fingerprint density at radius 1 is 1.31 bits per heavy atom. The Morgan fingerprint density at radius 3 is 2.38 bits per heavy atom. The molecule has 0 aliphatic rings. The number of carbonyl (C=O) groups excluding carboxylic acids is 1. The van der Waals surface area contributed by atoms with Crippen LogP contribution < -0.4 is 5.32 Å². The van der Waals surface area contributed by atoms with Crippen molar-refractivity contribution in [2.75, 3.05) is 0 Å². The molecule has 88 valence electrons. The van der Waals surface area contributed by atoms with Crippen LogP contribution in [0.5, 0.6) is 0 Å². The summed E-state index contributed by atoms with van der Waals surface area (Å²) >= 11 is 6.07. The van der Waals surface area contributed by atoms with Gasteiger partial charge < -0.3 is 5.32 Å². The summed E-state index contributed by atoms with van der Waals surface area (Å²) < 4.78 is 0. The minimum atomic E-state index is -0.379. The summed E-state index contributed by atoms with van der Waals surface area (Å²) in [6.45, 7) is 7.61. The van der Waals surface area contributed by atoms with E-state index in [-0.39, 0.29) is 17.4 Å². The van der Waals surface area contributed by atoms with Gasteiger partial charge in [0.1, 0.15) is 0 Å². The van der Waals surface area contributed by atoms with Crippen LogP contribution in [0.3, 0.4) is 0 Å². The van der Waals surface area contributed by atoms with Gasteiger partial charge in [-0.3, -0.25) is 4.79 Å². The molecule has 0 aliphatic carbocycles. The SMILES string of the molecule is C[C@H](NC(=O)C(C)(C)C)c1ccccc1Cl. The number of hydrogen-bond donors (Lipinski definition) is 1. The van der Waals surface area contributed by atoms with Gasteiger partial charge in [-0.1, -0.05) is 50.6 Å². The summed E-state index contributed by atoms with van der Waals surface area (Å²) in [6, 6.07) is 7.48. The molecule has 3 heteroatoms. The van der Waals surface area contributed by atoms with Gasteiger partial charge in [0.15, 0.2) is 0 Å². The number of rotatable bonds is 2. The summed E-state index contributed by atoms with van der Waals surface area (Å²) in [5, 5.41) is 3.64. The number of halogens is 1. The molecule has 0 heterocycles. The number of amides is 1. The monoisotopic (exact) mass is 239 g/mol. The van der Waals surface area contributed by atoms with Crippen molar-refractivity contribution in [3.8, 4) is 0 Å². The van der Waals surface area contributed by atoms with Gasteiger partial charge in [-0.05, 0) is 18.6 Å². The molecule has 0 radical (unpaired) electrons. The average molecular weight is 240 g/mol.